The Bertz CT molecular complexity index is 487. The van der Waals surface area contributed by atoms with Crippen LogP contribution in [-0.2, 0) is 5.88 Å². The molecule has 0 bridgehead atoms. The van der Waals surface area contributed by atoms with E-state index in [2.05, 4.69) is 25.7 Å². The quantitative estimate of drug-likeness (QED) is 0.622. The molecule has 1 heterocycles. The van der Waals surface area contributed by atoms with Crippen molar-refractivity contribution in [3.63, 3.8) is 0 Å². The molecular formula is C9H6BrClN2O2. The summed E-state index contributed by atoms with van der Waals surface area (Å²) in [7, 11) is 0. The number of nitrogens with zero attached hydrogens (tertiary/aromatic N) is 2. The second kappa shape index (κ2) is 4.20. The Morgan fingerprint density at radius 3 is 2.80 bits per heavy atom. The van der Waals surface area contributed by atoms with E-state index >= 15 is 0 Å². The summed E-state index contributed by atoms with van der Waals surface area (Å²) in [4.78, 5) is 0. The molecule has 0 spiro atoms. The Hall–Kier alpha value is -1.07. The van der Waals surface area contributed by atoms with Gasteiger partial charge in [-0.3, -0.25) is 0 Å². The molecule has 4 nitrogen and oxygen atoms in total. The molecule has 78 valence electrons. The highest BCUT2D eigenvalue weighted by Crippen LogP contribution is 2.18. The maximum atomic E-state index is 11.1. The monoisotopic (exact) mass is 288 g/mol. The lowest BCUT2D eigenvalue weighted by Crippen LogP contribution is -2.34. The van der Waals surface area contributed by atoms with Crippen LogP contribution in [0.25, 0.3) is 5.69 Å². The molecule has 1 aromatic heterocycles. The molecule has 2 rings (SSSR count). The summed E-state index contributed by atoms with van der Waals surface area (Å²) in [5, 5.41) is 14.7. The fourth-order valence-electron chi connectivity index (χ4n) is 1.22. The van der Waals surface area contributed by atoms with Crippen LogP contribution < -0.4 is 9.79 Å². The van der Waals surface area contributed by atoms with Gasteiger partial charge in [0.25, 0.3) is 0 Å². The van der Waals surface area contributed by atoms with E-state index in [0.29, 0.717) is 5.88 Å². The summed E-state index contributed by atoms with van der Waals surface area (Å²) < 4.78 is 6.14. The highest BCUT2D eigenvalue weighted by molar-refractivity contribution is 9.10. The summed E-state index contributed by atoms with van der Waals surface area (Å²) in [6, 6.07) is 7.38. The van der Waals surface area contributed by atoms with E-state index in [9.17, 15) is 5.11 Å². The summed E-state index contributed by atoms with van der Waals surface area (Å²) in [6.45, 7) is 0. The topological polar surface area (TPSA) is 53.0 Å². The van der Waals surface area contributed by atoms with Crippen molar-refractivity contribution < 1.29 is 14.3 Å². The van der Waals surface area contributed by atoms with Crippen molar-refractivity contribution in [2.24, 2.45) is 0 Å². The maximum Gasteiger partial charge on any atom is 0.305 e. The Morgan fingerprint density at radius 2 is 2.20 bits per heavy atom. The zero-order chi connectivity index (χ0) is 10.8. The number of halogens is 2. The number of alkyl halides is 1. The largest absolute Gasteiger partial charge is 0.538 e. The lowest BCUT2D eigenvalue weighted by atomic mass is 10.2. The van der Waals surface area contributed by atoms with Crippen LogP contribution in [0.1, 0.15) is 5.56 Å². The van der Waals surface area contributed by atoms with E-state index in [1.807, 2.05) is 24.3 Å². The van der Waals surface area contributed by atoms with Crippen molar-refractivity contribution in [1.29, 1.82) is 0 Å². The Morgan fingerprint density at radius 1 is 1.47 bits per heavy atom. The molecule has 0 aliphatic heterocycles. The van der Waals surface area contributed by atoms with Crippen LogP contribution in [0.5, 0.6) is 5.95 Å². The molecule has 0 fully saturated rings. The molecule has 0 atom stereocenters. The molecule has 0 saturated carbocycles. The van der Waals surface area contributed by atoms with Gasteiger partial charge in [-0.15, -0.1) is 11.6 Å². The molecule has 0 amide bonds. The van der Waals surface area contributed by atoms with Gasteiger partial charge in [0.15, 0.2) is 5.95 Å². The number of hydrogen-bond donors (Lipinski definition) is 0. The zero-order valence-corrected chi connectivity index (χ0v) is 9.83. The highest BCUT2D eigenvalue weighted by Gasteiger charge is 2.20. The maximum absolute atomic E-state index is 11.1. The number of rotatable bonds is 2. The lowest BCUT2D eigenvalue weighted by molar-refractivity contribution is -0.681. The van der Waals surface area contributed by atoms with Crippen molar-refractivity contribution in [2.45, 2.75) is 5.88 Å². The number of aromatic nitrogens is 2. The number of hydrogen-bond acceptors (Lipinski definition) is 3. The van der Waals surface area contributed by atoms with Crippen LogP contribution in [0.4, 0.5) is 0 Å². The first-order valence-corrected chi connectivity index (χ1v) is 5.45. The minimum atomic E-state index is -0.514. The number of benzene rings is 1. The van der Waals surface area contributed by atoms with Crippen molar-refractivity contribution in [3.05, 3.63) is 34.4 Å². The SMILES string of the molecule is [O-]c1on[n+](-c2ccccc2CCl)c1Br. The van der Waals surface area contributed by atoms with Crippen LogP contribution in [0.3, 0.4) is 0 Å². The van der Waals surface area contributed by atoms with Gasteiger partial charge in [-0.05, 0) is 4.68 Å². The Labute approximate surface area is 99.2 Å². The molecule has 6 heteroatoms. The molecule has 15 heavy (non-hydrogen) atoms. The van der Waals surface area contributed by atoms with Crippen molar-refractivity contribution >= 4 is 27.5 Å². The van der Waals surface area contributed by atoms with Gasteiger partial charge >= 0.3 is 4.60 Å². The summed E-state index contributed by atoms with van der Waals surface area (Å²) in [5.74, 6) is -0.171. The first-order chi connectivity index (χ1) is 7.24. The van der Waals surface area contributed by atoms with Gasteiger partial charge in [0.2, 0.25) is 5.69 Å². The predicted octanol–water partition coefficient (Wildman–Crippen LogP) is 1.53. The summed E-state index contributed by atoms with van der Waals surface area (Å²) in [6.07, 6.45) is 0. The second-order valence-electron chi connectivity index (χ2n) is 2.83. The van der Waals surface area contributed by atoms with E-state index < -0.39 is 5.95 Å². The molecule has 0 radical (unpaired) electrons. The molecule has 0 N–H and O–H groups in total. The van der Waals surface area contributed by atoms with Crippen LogP contribution >= 0.6 is 27.5 Å². The van der Waals surface area contributed by atoms with Crippen molar-refractivity contribution in [2.75, 3.05) is 0 Å². The van der Waals surface area contributed by atoms with Gasteiger partial charge in [-0.1, -0.05) is 18.2 Å². The highest BCUT2D eigenvalue weighted by atomic mass is 79.9. The Balaban J connectivity index is 2.58. The van der Waals surface area contributed by atoms with Crippen molar-refractivity contribution in [1.82, 2.24) is 5.27 Å². The molecule has 1 aromatic carbocycles. The third kappa shape index (κ3) is 1.85. The van der Waals surface area contributed by atoms with Crippen molar-refractivity contribution in [3.8, 4) is 11.6 Å². The van der Waals surface area contributed by atoms with Gasteiger partial charge in [0, 0.05) is 27.6 Å². The molecule has 0 unspecified atom stereocenters. The van der Waals surface area contributed by atoms with Gasteiger partial charge < -0.3 is 9.63 Å². The molecular weight excluding hydrogens is 283 g/mol. The third-order valence-corrected chi connectivity index (χ3v) is 2.87. The van der Waals surface area contributed by atoms with Crippen LogP contribution in [0.2, 0.25) is 0 Å². The first kappa shape index (κ1) is 10.4. The first-order valence-electron chi connectivity index (χ1n) is 4.13. The van der Waals surface area contributed by atoms with E-state index in [4.69, 9.17) is 11.6 Å². The number of para-hydroxylation sites is 1. The molecule has 0 aliphatic rings. The second-order valence-corrected chi connectivity index (χ2v) is 3.84. The van der Waals surface area contributed by atoms with E-state index in [1.165, 1.54) is 4.68 Å². The van der Waals surface area contributed by atoms with Gasteiger partial charge in [-0.2, -0.15) is 0 Å². The van der Waals surface area contributed by atoms with E-state index in [1.54, 1.807) is 0 Å². The van der Waals surface area contributed by atoms with Gasteiger partial charge in [-0.25, -0.2) is 0 Å². The summed E-state index contributed by atoms with van der Waals surface area (Å²) in [5.41, 5.74) is 1.60. The molecule has 0 saturated heterocycles. The van der Waals surface area contributed by atoms with E-state index in [-0.39, 0.29) is 4.60 Å². The summed E-state index contributed by atoms with van der Waals surface area (Å²) >= 11 is 8.88. The van der Waals surface area contributed by atoms with Crippen LogP contribution in [-0.4, -0.2) is 5.27 Å². The average Bonchev–Trinajstić information content (AvgIpc) is 2.60. The molecule has 0 aliphatic carbocycles. The van der Waals surface area contributed by atoms with Crippen LogP contribution in [0, 0.1) is 0 Å². The fourth-order valence-corrected chi connectivity index (χ4v) is 1.77. The third-order valence-electron chi connectivity index (χ3n) is 1.92. The standard InChI is InChI=1S/C9H6BrClN2O2/c10-8-9(14)15-12-13(8)7-4-2-1-3-6(7)5-11/h1-4H,5H2. The molecule has 2 aromatic rings. The normalized spacial score (nSPS) is 10.5. The Kier molecular flexibility index (Phi) is 2.93. The predicted molar refractivity (Wildman–Crippen MR) is 54.7 cm³/mol. The van der Waals surface area contributed by atoms with Crippen LogP contribution in [0.15, 0.2) is 33.4 Å². The minimum Gasteiger partial charge on any atom is -0.538 e. The zero-order valence-electron chi connectivity index (χ0n) is 7.48. The smallest absolute Gasteiger partial charge is 0.305 e. The van der Waals surface area contributed by atoms with Gasteiger partial charge in [0.1, 0.15) is 0 Å². The fraction of sp³-hybridized carbons (Fsp3) is 0.111. The lowest BCUT2D eigenvalue weighted by Gasteiger charge is -1.96. The average molecular weight is 290 g/mol. The van der Waals surface area contributed by atoms with E-state index in [0.717, 1.165) is 11.3 Å². The minimum absolute atomic E-state index is 0.250. The van der Waals surface area contributed by atoms with Gasteiger partial charge in [0.05, 0.1) is 11.2 Å².